The Morgan fingerprint density at radius 2 is 2.14 bits per heavy atom. The summed E-state index contributed by atoms with van der Waals surface area (Å²) in [5, 5.41) is 14.0. The van der Waals surface area contributed by atoms with Gasteiger partial charge in [0.25, 0.3) is 0 Å². The number of benzene rings is 1. The van der Waals surface area contributed by atoms with Crippen molar-refractivity contribution in [3.8, 4) is 0 Å². The van der Waals surface area contributed by atoms with E-state index in [9.17, 15) is 5.11 Å². The minimum atomic E-state index is -0.602. The van der Waals surface area contributed by atoms with Crippen molar-refractivity contribution in [2.45, 2.75) is 50.5 Å². The Kier molecular flexibility index (Phi) is 6.22. The zero-order valence-corrected chi connectivity index (χ0v) is 13.4. The van der Waals surface area contributed by atoms with Crippen LogP contribution in [0.4, 0.5) is 0 Å². The van der Waals surface area contributed by atoms with E-state index in [1.54, 1.807) is 7.11 Å². The number of hydrogen-bond donors (Lipinski definition) is 2. The molecule has 1 aliphatic carbocycles. The van der Waals surface area contributed by atoms with Gasteiger partial charge in [-0.05, 0) is 62.6 Å². The molecule has 2 N–H and O–H groups in total. The molecule has 118 valence electrons. The molecule has 0 aromatic heterocycles. The van der Waals surface area contributed by atoms with Crippen LogP contribution in [0.1, 0.15) is 49.7 Å². The predicted molar refractivity (Wildman–Crippen MR) is 86.7 cm³/mol. The van der Waals surface area contributed by atoms with Gasteiger partial charge in [0, 0.05) is 13.7 Å². The van der Waals surface area contributed by atoms with E-state index in [2.05, 4.69) is 29.6 Å². The van der Waals surface area contributed by atoms with Crippen molar-refractivity contribution in [1.29, 1.82) is 0 Å². The molecular weight excluding hydrogens is 262 g/mol. The van der Waals surface area contributed by atoms with Crippen molar-refractivity contribution >= 4 is 0 Å². The highest BCUT2D eigenvalue weighted by Gasteiger charge is 2.28. The highest BCUT2D eigenvalue weighted by Crippen LogP contribution is 2.37. The molecule has 0 heterocycles. The summed E-state index contributed by atoms with van der Waals surface area (Å²) >= 11 is 0. The third kappa shape index (κ3) is 5.10. The second-order valence-corrected chi connectivity index (χ2v) is 6.48. The first kappa shape index (κ1) is 16.5. The summed E-state index contributed by atoms with van der Waals surface area (Å²) in [5.74, 6) is 0.504. The molecule has 2 rings (SSSR count). The van der Waals surface area contributed by atoms with E-state index in [4.69, 9.17) is 4.74 Å². The Hall–Kier alpha value is -0.900. The zero-order chi connectivity index (χ0) is 15.1. The zero-order valence-electron chi connectivity index (χ0n) is 13.4. The topological polar surface area (TPSA) is 41.5 Å². The van der Waals surface area contributed by atoms with E-state index in [-0.39, 0.29) is 0 Å². The largest absolute Gasteiger partial charge is 0.390 e. The number of rotatable bonds is 8. The number of aryl methyl sites for hydroxylation is 1. The minimum Gasteiger partial charge on any atom is -0.390 e. The molecule has 0 saturated carbocycles. The van der Waals surface area contributed by atoms with E-state index in [0.29, 0.717) is 5.92 Å². The Balaban J connectivity index is 1.86. The number of hydrogen-bond acceptors (Lipinski definition) is 3. The van der Waals surface area contributed by atoms with Crippen LogP contribution in [0, 0.1) is 0 Å². The highest BCUT2D eigenvalue weighted by molar-refractivity contribution is 5.32. The lowest BCUT2D eigenvalue weighted by Gasteiger charge is -2.32. The molecular formula is C18H29NO2. The van der Waals surface area contributed by atoms with Crippen LogP contribution in [0.15, 0.2) is 24.3 Å². The number of nitrogens with one attached hydrogen (secondary N) is 1. The Bertz CT molecular complexity index is 431. The fourth-order valence-corrected chi connectivity index (χ4v) is 3.36. The van der Waals surface area contributed by atoms with Crippen LogP contribution in [0.5, 0.6) is 0 Å². The lowest BCUT2D eigenvalue weighted by Crippen LogP contribution is -2.33. The lowest BCUT2D eigenvalue weighted by molar-refractivity contribution is 0.0329. The third-order valence-electron chi connectivity index (χ3n) is 4.50. The quantitative estimate of drug-likeness (QED) is 0.724. The van der Waals surface area contributed by atoms with Crippen molar-refractivity contribution in [2.75, 3.05) is 26.8 Å². The molecule has 0 radical (unpaired) electrons. The number of ether oxygens (including phenoxy) is 1. The van der Waals surface area contributed by atoms with Crippen LogP contribution in [0.2, 0.25) is 0 Å². The summed E-state index contributed by atoms with van der Waals surface area (Å²) in [6, 6.07) is 8.73. The van der Waals surface area contributed by atoms with Crippen molar-refractivity contribution in [1.82, 2.24) is 5.32 Å². The molecule has 0 fully saturated rings. The van der Waals surface area contributed by atoms with Gasteiger partial charge < -0.3 is 15.2 Å². The first-order valence-electron chi connectivity index (χ1n) is 8.12. The van der Waals surface area contributed by atoms with Crippen LogP contribution in [0.25, 0.3) is 0 Å². The molecule has 21 heavy (non-hydrogen) atoms. The fourth-order valence-electron chi connectivity index (χ4n) is 3.36. The molecule has 0 bridgehead atoms. The second-order valence-electron chi connectivity index (χ2n) is 6.48. The van der Waals surface area contributed by atoms with Gasteiger partial charge in [-0.15, -0.1) is 0 Å². The Morgan fingerprint density at radius 3 is 2.95 bits per heavy atom. The van der Waals surface area contributed by atoms with Crippen molar-refractivity contribution in [2.24, 2.45) is 0 Å². The van der Waals surface area contributed by atoms with E-state index in [0.717, 1.165) is 32.5 Å². The van der Waals surface area contributed by atoms with E-state index >= 15 is 0 Å². The molecule has 0 amide bonds. The fraction of sp³-hybridized carbons (Fsp3) is 0.667. The molecule has 0 aliphatic heterocycles. The van der Waals surface area contributed by atoms with Gasteiger partial charge in [-0.1, -0.05) is 24.3 Å². The summed E-state index contributed by atoms with van der Waals surface area (Å²) in [6.45, 7) is 4.38. The van der Waals surface area contributed by atoms with Gasteiger partial charge in [0.05, 0.1) is 12.2 Å². The van der Waals surface area contributed by atoms with E-state index in [1.807, 2.05) is 6.92 Å². The van der Waals surface area contributed by atoms with Gasteiger partial charge in [-0.3, -0.25) is 0 Å². The molecule has 1 aromatic carbocycles. The normalized spacial score (nSPS) is 20.8. The molecule has 2 atom stereocenters. The van der Waals surface area contributed by atoms with Gasteiger partial charge in [0.15, 0.2) is 0 Å². The lowest BCUT2D eigenvalue weighted by atomic mass is 9.76. The van der Waals surface area contributed by atoms with Gasteiger partial charge >= 0.3 is 0 Å². The SMILES string of the molecule is COCCNCCC(C)(O)CC1CCCc2ccccc21. The maximum absolute atomic E-state index is 10.7. The first-order chi connectivity index (χ1) is 10.1. The van der Waals surface area contributed by atoms with Gasteiger partial charge in [-0.2, -0.15) is 0 Å². The summed E-state index contributed by atoms with van der Waals surface area (Å²) in [7, 11) is 1.71. The van der Waals surface area contributed by atoms with E-state index in [1.165, 1.54) is 30.4 Å². The molecule has 3 nitrogen and oxygen atoms in total. The summed E-state index contributed by atoms with van der Waals surface area (Å²) in [5.41, 5.74) is 2.33. The van der Waals surface area contributed by atoms with E-state index < -0.39 is 5.60 Å². The van der Waals surface area contributed by atoms with Gasteiger partial charge in [-0.25, -0.2) is 0 Å². The Morgan fingerprint density at radius 1 is 1.33 bits per heavy atom. The molecule has 1 aliphatic rings. The van der Waals surface area contributed by atoms with Crippen LogP contribution >= 0.6 is 0 Å². The monoisotopic (exact) mass is 291 g/mol. The third-order valence-corrected chi connectivity index (χ3v) is 4.50. The molecule has 3 heteroatoms. The van der Waals surface area contributed by atoms with Crippen molar-refractivity contribution in [3.05, 3.63) is 35.4 Å². The summed E-state index contributed by atoms with van der Waals surface area (Å²) in [4.78, 5) is 0. The Labute approximate surface area is 128 Å². The average Bonchev–Trinajstić information content (AvgIpc) is 2.47. The molecule has 0 saturated heterocycles. The van der Waals surface area contributed by atoms with Crippen molar-refractivity contribution in [3.63, 3.8) is 0 Å². The maximum Gasteiger partial charge on any atom is 0.0637 e. The number of methoxy groups -OCH3 is 1. The standard InChI is InChI=1S/C18H29NO2/c1-18(20,10-11-19-12-13-21-2)14-16-8-5-7-15-6-3-4-9-17(15)16/h3-4,6,9,16,19-20H,5,7-8,10-14H2,1-2H3. The van der Waals surface area contributed by atoms with Gasteiger partial charge in [0.1, 0.15) is 0 Å². The predicted octanol–water partition coefficient (Wildman–Crippen LogP) is 2.87. The minimum absolute atomic E-state index is 0.504. The molecule has 1 aromatic rings. The molecule has 0 spiro atoms. The van der Waals surface area contributed by atoms with Crippen LogP contribution in [-0.2, 0) is 11.2 Å². The molecule has 2 unspecified atom stereocenters. The maximum atomic E-state index is 10.7. The summed E-state index contributed by atoms with van der Waals surface area (Å²) < 4.78 is 5.01. The second kappa shape index (κ2) is 7.92. The van der Waals surface area contributed by atoms with Crippen LogP contribution < -0.4 is 5.32 Å². The van der Waals surface area contributed by atoms with Gasteiger partial charge in [0.2, 0.25) is 0 Å². The number of fused-ring (bicyclic) bond motifs is 1. The van der Waals surface area contributed by atoms with Crippen LogP contribution in [0.3, 0.4) is 0 Å². The highest BCUT2D eigenvalue weighted by atomic mass is 16.5. The first-order valence-corrected chi connectivity index (χ1v) is 8.12. The number of aliphatic hydroxyl groups is 1. The van der Waals surface area contributed by atoms with Crippen molar-refractivity contribution < 1.29 is 9.84 Å². The smallest absolute Gasteiger partial charge is 0.0637 e. The average molecular weight is 291 g/mol. The summed E-state index contributed by atoms with van der Waals surface area (Å²) in [6.07, 6.45) is 5.27. The van der Waals surface area contributed by atoms with Crippen LogP contribution in [-0.4, -0.2) is 37.5 Å².